The van der Waals surface area contributed by atoms with Crippen LogP contribution in [0, 0.1) is 17.2 Å². The van der Waals surface area contributed by atoms with Crippen LogP contribution in [0.15, 0.2) is 48.5 Å². The van der Waals surface area contributed by atoms with Crippen molar-refractivity contribution in [2.75, 3.05) is 16.8 Å². The molecule has 3 rings (SSSR count). The van der Waals surface area contributed by atoms with E-state index in [1.165, 1.54) is 0 Å². The summed E-state index contributed by atoms with van der Waals surface area (Å²) in [5, 5.41) is 11.9. The molecule has 1 aliphatic rings. The maximum atomic E-state index is 12.6. The van der Waals surface area contributed by atoms with Gasteiger partial charge in [-0.1, -0.05) is 24.3 Å². The molecule has 1 aliphatic heterocycles. The van der Waals surface area contributed by atoms with Gasteiger partial charge >= 0.3 is 0 Å². The molecule has 2 amide bonds. The molecule has 2 aromatic rings. The fraction of sp³-hybridized carbons (Fsp3) is 0.286. The average Bonchev–Trinajstić information content (AvgIpc) is 3.04. The van der Waals surface area contributed by atoms with Crippen LogP contribution in [-0.2, 0) is 9.59 Å². The standard InChI is InChI=1S/C21H21N3O3/c1-14(2)27-19-10-6-5-9-18(19)24-13-16(11-20(24)25)21(26)23-17-8-4-3-7-15(17)12-22/h3-10,14,16H,11,13H2,1-2H3,(H,23,26). The normalized spacial score (nSPS) is 16.3. The number of hydrogen-bond acceptors (Lipinski definition) is 4. The molecular weight excluding hydrogens is 342 g/mol. The molecule has 138 valence electrons. The van der Waals surface area contributed by atoms with Crippen LogP contribution < -0.4 is 15.0 Å². The minimum absolute atomic E-state index is 0.0227. The van der Waals surface area contributed by atoms with Crippen molar-refractivity contribution in [3.05, 3.63) is 54.1 Å². The number of para-hydroxylation sites is 3. The van der Waals surface area contributed by atoms with Gasteiger partial charge in [-0.3, -0.25) is 9.59 Å². The molecular formula is C21H21N3O3. The van der Waals surface area contributed by atoms with Gasteiger partial charge in [-0.15, -0.1) is 0 Å². The highest BCUT2D eigenvalue weighted by atomic mass is 16.5. The molecule has 1 heterocycles. The van der Waals surface area contributed by atoms with Gasteiger partial charge in [0.2, 0.25) is 11.8 Å². The van der Waals surface area contributed by atoms with E-state index in [2.05, 4.69) is 11.4 Å². The van der Waals surface area contributed by atoms with Crippen LogP contribution in [0.25, 0.3) is 0 Å². The SMILES string of the molecule is CC(C)Oc1ccccc1N1CC(C(=O)Nc2ccccc2C#N)CC1=O. The van der Waals surface area contributed by atoms with E-state index in [0.29, 0.717) is 22.7 Å². The summed E-state index contributed by atoms with van der Waals surface area (Å²) in [6, 6.07) is 16.2. The summed E-state index contributed by atoms with van der Waals surface area (Å²) in [5.74, 6) is -0.257. The lowest BCUT2D eigenvalue weighted by atomic mass is 10.1. The Balaban J connectivity index is 1.76. The number of amides is 2. The van der Waals surface area contributed by atoms with E-state index in [9.17, 15) is 9.59 Å². The first-order chi connectivity index (χ1) is 13.0. The summed E-state index contributed by atoms with van der Waals surface area (Å²) in [6.45, 7) is 4.12. The van der Waals surface area contributed by atoms with E-state index in [4.69, 9.17) is 10.00 Å². The molecule has 1 fully saturated rings. The zero-order chi connectivity index (χ0) is 19.4. The van der Waals surface area contributed by atoms with Gasteiger partial charge in [0.15, 0.2) is 0 Å². The zero-order valence-corrected chi connectivity index (χ0v) is 15.3. The number of ether oxygens (including phenoxy) is 1. The number of carbonyl (C=O) groups excluding carboxylic acids is 2. The van der Waals surface area contributed by atoms with Crippen molar-refractivity contribution in [3.8, 4) is 11.8 Å². The Hall–Kier alpha value is -3.33. The van der Waals surface area contributed by atoms with E-state index in [-0.39, 0.29) is 30.9 Å². The number of nitrogens with one attached hydrogen (secondary N) is 1. The van der Waals surface area contributed by atoms with Gasteiger partial charge in [0.05, 0.1) is 29.0 Å². The van der Waals surface area contributed by atoms with Gasteiger partial charge in [-0.05, 0) is 38.1 Å². The van der Waals surface area contributed by atoms with E-state index in [1.54, 1.807) is 29.2 Å². The first-order valence-corrected chi connectivity index (χ1v) is 8.85. The van der Waals surface area contributed by atoms with E-state index < -0.39 is 5.92 Å². The highest BCUT2D eigenvalue weighted by Gasteiger charge is 2.36. The van der Waals surface area contributed by atoms with Crippen molar-refractivity contribution in [2.24, 2.45) is 5.92 Å². The van der Waals surface area contributed by atoms with Crippen LogP contribution in [0.3, 0.4) is 0 Å². The molecule has 6 heteroatoms. The number of nitrogens with zero attached hydrogens (tertiary/aromatic N) is 2. The summed E-state index contributed by atoms with van der Waals surface area (Å²) < 4.78 is 5.80. The van der Waals surface area contributed by atoms with E-state index in [0.717, 1.165) is 0 Å². The van der Waals surface area contributed by atoms with Crippen molar-refractivity contribution in [1.29, 1.82) is 5.26 Å². The minimum atomic E-state index is -0.489. The van der Waals surface area contributed by atoms with Gasteiger partial charge in [-0.2, -0.15) is 5.26 Å². The van der Waals surface area contributed by atoms with Crippen molar-refractivity contribution in [3.63, 3.8) is 0 Å². The Labute approximate surface area is 158 Å². The fourth-order valence-electron chi connectivity index (χ4n) is 3.07. The van der Waals surface area contributed by atoms with E-state index in [1.807, 2.05) is 38.1 Å². The topological polar surface area (TPSA) is 82.4 Å². The van der Waals surface area contributed by atoms with Crippen LogP contribution in [0.4, 0.5) is 11.4 Å². The Morgan fingerprint density at radius 1 is 1.22 bits per heavy atom. The summed E-state index contributed by atoms with van der Waals surface area (Å²) in [6.07, 6.45) is 0.0988. The second kappa shape index (κ2) is 7.92. The molecule has 6 nitrogen and oxygen atoms in total. The van der Waals surface area contributed by atoms with Crippen molar-refractivity contribution in [2.45, 2.75) is 26.4 Å². The quantitative estimate of drug-likeness (QED) is 0.883. The minimum Gasteiger partial charge on any atom is -0.489 e. The monoisotopic (exact) mass is 363 g/mol. The lowest BCUT2D eigenvalue weighted by Gasteiger charge is -2.21. The van der Waals surface area contributed by atoms with Crippen molar-refractivity contribution < 1.29 is 14.3 Å². The van der Waals surface area contributed by atoms with Gasteiger partial charge in [-0.25, -0.2) is 0 Å². The molecule has 1 unspecified atom stereocenters. The number of rotatable bonds is 5. The molecule has 0 radical (unpaired) electrons. The smallest absolute Gasteiger partial charge is 0.229 e. The highest BCUT2D eigenvalue weighted by molar-refractivity contribution is 6.04. The van der Waals surface area contributed by atoms with Crippen LogP contribution in [0.5, 0.6) is 5.75 Å². The highest BCUT2D eigenvalue weighted by Crippen LogP contribution is 2.34. The maximum Gasteiger partial charge on any atom is 0.229 e. The van der Waals surface area contributed by atoms with Crippen LogP contribution in [-0.4, -0.2) is 24.5 Å². The third-order valence-corrected chi connectivity index (χ3v) is 4.32. The van der Waals surface area contributed by atoms with Gasteiger partial charge in [0.25, 0.3) is 0 Å². The van der Waals surface area contributed by atoms with Crippen LogP contribution in [0.1, 0.15) is 25.8 Å². The summed E-state index contributed by atoms with van der Waals surface area (Å²) >= 11 is 0. The van der Waals surface area contributed by atoms with Crippen LogP contribution in [0.2, 0.25) is 0 Å². The molecule has 0 bridgehead atoms. The molecule has 2 aromatic carbocycles. The lowest BCUT2D eigenvalue weighted by molar-refractivity contribution is -0.122. The predicted molar refractivity (Wildman–Crippen MR) is 102 cm³/mol. The Kier molecular flexibility index (Phi) is 5.41. The Bertz CT molecular complexity index is 902. The van der Waals surface area contributed by atoms with Crippen LogP contribution >= 0.6 is 0 Å². The number of nitriles is 1. The summed E-state index contributed by atoms with van der Waals surface area (Å²) in [5.41, 5.74) is 1.52. The molecule has 0 aromatic heterocycles. The third kappa shape index (κ3) is 4.09. The first-order valence-electron chi connectivity index (χ1n) is 8.85. The van der Waals surface area contributed by atoms with Crippen molar-refractivity contribution in [1.82, 2.24) is 0 Å². The third-order valence-electron chi connectivity index (χ3n) is 4.32. The Morgan fingerprint density at radius 2 is 1.93 bits per heavy atom. The zero-order valence-electron chi connectivity index (χ0n) is 15.3. The number of anilines is 2. The average molecular weight is 363 g/mol. The lowest BCUT2D eigenvalue weighted by Crippen LogP contribution is -2.28. The molecule has 0 spiro atoms. The largest absolute Gasteiger partial charge is 0.489 e. The molecule has 1 saturated heterocycles. The maximum absolute atomic E-state index is 12.6. The number of carbonyl (C=O) groups is 2. The molecule has 1 atom stereocenters. The molecule has 0 saturated carbocycles. The summed E-state index contributed by atoms with van der Waals surface area (Å²) in [4.78, 5) is 26.8. The predicted octanol–water partition coefficient (Wildman–Crippen LogP) is 3.34. The molecule has 27 heavy (non-hydrogen) atoms. The molecule has 0 aliphatic carbocycles. The molecule has 1 N–H and O–H groups in total. The van der Waals surface area contributed by atoms with Gasteiger partial charge < -0.3 is 15.0 Å². The summed E-state index contributed by atoms with van der Waals surface area (Å²) in [7, 11) is 0. The first kappa shape index (κ1) is 18.5. The van der Waals surface area contributed by atoms with Crippen molar-refractivity contribution >= 4 is 23.2 Å². The number of hydrogen-bond donors (Lipinski definition) is 1. The Morgan fingerprint density at radius 3 is 2.67 bits per heavy atom. The number of benzene rings is 2. The fourth-order valence-corrected chi connectivity index (χ4v) is 3.07. The second-order valence-electron chi connectivity index (χ2n) is 6.69. The van der Waals surface area contributed by atoms with Gasteiger partial charge in [0.1, 0.15) is 11.8 Å². The van der Waals surface area contributed by atoms with Gasteiger partial charge in [0, 0.05) is 13.0 Å². The second-order valence-corrected chi connectivity index (χ2v) is 6.69. The van der Waals surface area contributed by atoms with E-state index >= 15 is 0 Å².